The van der Waals surface area contributed by atoms with Crippen molar-refractivity contribution in [2.24, 2.45) is 5.92 Å². The number of likely N-dealkylation sites (N-methyl/N-ethyl adjacent to an activating group) is 1. The Labute approximate surface area is 120 Å². The average Bonchev–Trinajstić information content (AvgIpc) is 3.29. The molecule has 1 saturated carbocycles. The molecular weight excluding hydrogens is 252 g/mol. The van der Waals surface area contributed by atoms with Gasteiger partial charge in [0.05, 0.1) is 11.6 Å². The molecule has 2 unspecified atom stereocenters. The smallest absolute Gasteiger partial charge is 0.120 e. The Bertz CT molecular complexity index is 480. The average molecular weight is 274 g/mol. The van der Waals surface area contributed by atoms with Gasteiger partial charge in [0.15, 0.2) is 0 Å². The Morgan fingerprint density at radius 3 is 2.90 bits per heavy atom. The highest BCUT2D eigenvalue weighted by molar-refractivity contribution is 5.36. The third kappa shape index (κ3) is 4.22. The summed E-state index contributed by atoms with van der Waals surface area (Å²) in [5, 5.41) is 18.8. The molecule has 1 aliphatic carbocycles. The van der Waals surface area contributed by atoms with Gasteiger partial charge in [0.1, 0.15) is 18.5 Å². The van der Waals surface area contributed by atoms with Gasteiger partial charge < -0.3 is 14.7 Å². The Morgan fingerprint density at radius 1 is 1.50 bits per heavy atom. The minimum absolute atomic E-state index is 0.247. The van der Waals surface area contributed by atoms with Crippen molar-refractivity contribution in [3.05, 3.63) is 29.8 Å². The predicted octanol–water partition coefficient (Wildman–Crippen LogP) is 2.03. The summed E-state index contributed by atoms with van der Waals surface area (Å²) in [5.74, 6) is 1.42. The maximum Gasteiger partial charge on any atom is 0.120 e. The molecule has 1 fully saturated rings. The number of aliphatic hydroxyl groups excluding tert-OH is 1. The van der Waals surface area contributed by atoms with E-state index in [2.05, 4.69) is 17.9 Å². The Balaban J connectivity index is 1.76. The van der Waals surface area contributed by atoms with E-state index in [1.165, 1.54) is 12.8 Å². The number of benzene rings is 1. The maximum atomic E-state index is 10.0. The van der Waals surface area contributed by atoms with Gasteiger partial charge in [0.2, 0.25) is 0 Å². The largest absolute Gasteiger partial charge is 0.491 e. The van der Waals surface area contributed by atoms with Gasteiger partial charge in [0, 0.05) is 12.6 Å². The number of hydrogen-bond donors (Lipinski definition) is 1. The van der Waals surface area contributed by atoms with Gasteiger partial charge in [-0.25, -0.2) is 0 Å². The zero-order chi connectivity index (χ0) is 14.5. The van der Waals surface area contributed by atoms with Gasteiger partial charge in [0.25, 0.3) is 0 Å². The first kappa shape index (κ1) is 14.8. The minimum atomic E-state index is -0.521. The summed E-state index contributed by atoms with van der Waals surface area (Å²) in [6.45, 7) is 3.06. The lowest BCUT2D eigenvalue weighted by Gasteiger charge is -2.26. The standard InChI is InChI=1S/C16H22N2O2/c1-12(14-6-7-14)18(2)10-15(19)11-20-16-5-3-4-13(8-16)9-17/h3-5,8,12,14-15,19H,6-7,10-11H2,1-2H3. The summed E-state index contributed by atoms with van der Waals surface area (Å²) in [6, 6.07) is 9.58. The fourth-order valence-electron chi connectivity index (χ4n) is 2.34. The van der Waals surface area contributed by atoms with Crippen molar-refractivity contribution in [1.82, 2.24) is 4.90 Å². The van der Waals surface area contributed by atoms with Crippen LogP contribution in [0.4, 0.5) is 0 Å². The van der Waals surface area contributed by atoms with Crippen LogP contribution in [0.1, 0.15) is 25.3 Å². The summed E-state index contributed by atoms with van der Waals surface area (Å²) >= 11 is 0. The van der Waals surface area contributed by atoms with E-state index in [0.717, 1.165) is 5.92 Å². The fourth-order valence-corrected chi connectivity index (χ4v) is 2.34. The van der Waals surface area contributed by atoms with Gasteiger partial charge in [-0.2, -0.15) is 5.26 Å². The van der Waals surface area contributed by atoms with Gasteiger partial charge in [-0.15, -0.1) is 0 Å². The zero-order valence-electron chi connectivity index (χ0n) is 12.1. The quantitative estimate of drug-likeness (QED) is 0.826. The molecule has 20 heavy (non-hydrogen) atoms. The van der Waals surface area contributed by atoms with Crippen LogP contribution in [0.5, 0.6) is 5.75 Å². The van der Waals surface area contributed by atoms with Crippen molar-refractivity contribution < 1.29 is 9.84 Å². The Hall–Kier alpha value is -1.57. The molecule has 0 amide bonds. The summed E-state index contributed by atoms with van der Waals surface area (Å²) in [7, 11) is 2.04. The molecule has 0 spiro atoms. The summed E-state index contributed by atoms with van der Waals surface area (Å²) in [6.07, 6.45) is 2.09. The highest BCUT2D eigenvalue weighted by atomic mass is 16.5. The second-order valence-corrected chi connectivity index (χ2v) is 5.62. The Kier molecular flexibility index (Phi) is 4.99. The molecular formula is C16H22N2O2. The molecule has 0 saturated heterocycles. The number of aliphatic hydroxyl groups is 1. The summed E-state index contributed by atoms with van der Waals surface area (Å²) < 4.78 is 5.54. The first-order valence-corrected chi connectivity index (χ1v) is 7.11. The highest BCUT2D eigenvalue weighted by Gasteiger charge is 2.30. The van der Waals surface area contributed by atoms with Crippen LogP contribution in [-0.4, -0.2) is 42.4 Å². The van der Waals surface area contributed by atoms with Crippen LogP contribution in [-0.2, 0) is 0 Å². The first-order chi connectivity index (χ1) is 9.60. The molecule has 1 aromatic rings. The number of nitriles is 1. The molecule has 108 valence electrons. The van der Waals surface area contributed by atoms with Crippen LogP contribution >= 0.6 is 0 Å². The van der Waals surface area contributed by atoms with Crippen LogP contribution in [0.2, 0.25) is 0 Å². The van der Waals surface area contributed by atoms with E-state index in [-0.39, 0.29) is 6.61 Å². The summed E-state index contributed by atoms with van der Waals surface area (Å²) in [4.78, 5) is 2.19. The molecule has 0 heterocycles. The fraction of sp³-hybridized carbons (Fsp3) is 0.562. The topological polar surface area (TPSA) is 56.5 Å². The normalized spacial score (nSPS) is 17.6. The van der Waals surface area contributed by atoms with Crippen LogP contribution < -0.4 is 4.74 Å². The highest BCUT2D eigenvalue weighted by Crippen LogP contribution is 2.34. The molecule has 4 nitrogen and oxygen atoms in total. The van der Waals surface area contributed by atoms with Crippen molar-refractivity contribution in [3.8, 4) is 11.8 Å². The van der Waals surface area contributed by atoms with Crippen LogP contribution in [0.3, 0.4) is 0 Å². The van der Waals surface area contributed by atoms with E-state index in [9.17, 15) is 5.11 Å². The van der Waals surface area contributed by atoms with Crippen molar-refractivity contribution in [3.63, 3.8) is 0 Å². The van der Waals surface area contributed by atoms with Crippen LogP contribution in [0, 0.1) is 17.2 Å². The molecule has 2 rings (SSSR count). The van der Waals surface area contributed by atoms with E-state index in [1.807, 2.05) is 7.05 Å². The van der Waals surface area contributed by atoms with Gasteiger partial charge >= 0.3 is 0 Å². The minimum Gasteiger partial charge on any atom is -0.491 e. The van der Waals surface area contributed by atoms with Gasteiger partial charge in [-0.1, -0.05) is 6.07 Å². The second-order valence-electron chi connectivity index (χ2n) is 5.62. The lowest BCUT2D eigenvalue weighted by atomic mass is 10.2. The summed E-state index contributed by atoms with van der Waals surface area (Å²) in [5.41, 5.74) is 0.566. The number of hydrogen-bond acceptors (Lipinski definition) is 4. The molecule has 4 heteroatoms. The van der Waals surface area contributed by atoms with E-state index in [0.29, 0.717) is 23.9 Å². The number of ether oxygens (including phenoxy) is 1. The first-order valence-electron chi connectivity index (χ1n) is 7.11. The lowest BCUT2D eigenvalue weighted by molar-refractivity contribution is 0.0623. The van der Waals surface area contributed by atoms with E-state index in [1.54, 1.807) is 24.3 Å². The SMILES string of the molecule is CC(C1CC1)N(C)CC(O)COc1cccc(C#N)c1. The molecule has 1 aliphatic rings. The number of nitrogens with zero attached hydrogens (tertiary/aromatic N) is 2. The van der Waals surface area contributed by atoms with E-state index < -0.39 is 6.10 Å². The molecule has 0 bridgehead atoms. The molecule has 1 aromatic carbocycles. The third-order valence-electron chi connectivity index (χ3n) is 3.90. The van der Waals surface area contributed by atoms with Crippen LogP contribution in [0.25, 0.3) is 0 Å². The lowest BCUT2D eigenvalue weighted by Crippen LogP contribution is -2.39. The zero-order valence-corrected chi connectivity index (χ0v) is 12.1. The molecule has 0 aromatic heterocycles. The van der Waals surface area contributed by atoms with Crippen molar-refractivity contribution in [2.45, 2.75) is 31.9 Å². The number of rotatable bonds is 7. The monoisotopic (exact) mass is 274 g/mol. The maximum absolute atomic E-state index is 10.0. The van der Waals surface area contributed by atoms with E-state index >= 15 is 0 Å². The third-order valence-corrected chi connectivity index (χ3v) is 3.90. The van der Waals surface area contributed by atoms with Crippen molar-refractivity contribution in [2.75, 3.05) is 20.2 Å². The molecule has 0 radical (unpaired) electrons. The molecule has 2 atom stereocenters. The van der Waals surface area contributed by atoms with Crippen molar-refractivity contribution >= 4 is 0 Å². The second kappa shape index (κ2) is 6.74. The van der Waals surface area contributed by atoms with Crippen molar-refractivity contribution in [1.29, 1.82) is 5.26 Å². The van der Waals surface area contributed by atoms with Gasteiger partial charge in [-0.05, 0) is 50.9 Å². The van der Waals surface area contributed by atoms with Gasteiger partial charge in [-0.3, -0.25) is 0 Å². The van der Waals surface area contributed by atoms with Crippen LogP contribution in [0.15, 0.2) is 24.3 Å². The van der Waals surface area contributed by atoms with E-state index in [4.69, 9.17) is 10.00 Å². The molecule has 0 aliphatic heterocycles. The Morgan fingerprint density at radius 2 is 2.25 bits per heavy atom. The molecule has 1 N–H and O–H groups in total. The predicted molar refractivity (Wildman–Crippen MR) is 77.5 cm³/mol.